The van der Waals surface area contributed by atoms with E-state index < -0.39 is 17.7 Å². The highest BCUT2D eigenvalue weighted by Crippen LogP contribution is 2.42. The summed E-state index contributed by atoms with van der Waals surface area (Å²) < 4.78 is 39.4. The van der Waals surface area contributed by atoms with Gasteiger partial charge in [-0.15, -0.1) is 0 Å². The van der Waals surface area contributed by atoms with E-state index in [1.54, 1.807) is 7.05 Å². The first-order valence-corrected chi connectivity index (χ1v) is 7.26. The van der Waals surface area contributed by atoms with Crippen molar-refractivity contribution < 1.29 is 18.3 Å². The summed E-state index contributed by atoms with van der Waals surface area (Å²) in [5.74, 6) is -0.795. The molecule has 21 heavy (non-hydrogen) atoms. The average molecular weight is 299 g/mol. The quantitative estimate of drug-likeness (QED) is 0.925. The van der Waals surface area contributed by atoms with Crippen LogP contribution < -0.4 is 10.1 Å². The van der Waals surface area contributed by atoms with Crippen LogP contribution >= 0.6 is 0 Å². The Hall–Kier alpha value is -1.20. The zero-order valence-corrected chi connectivity index (χ0v) is 13.1. The van der Waals surface area contributed by atoms with Crippen molar-refractivity contribution >= 4 is 0 Å². The number of halogens is 2. The third-order valence-corrected chi connectivity index (χ3v) is 4.61. The van der Waals surface area contributed by atoms with E-state index in [0.717, 1.165) is 0 Å². The molecule has 1 aliphatic heterocycles. The average Bonchev–Trinajstić information content (AvgIpc) is 2.68. The van der Waals surface area contributed by atoms with Crippen LogP contribution in [0.1, 0.15) is 32.4 Å². The largest absolute Gasteiger partial charge is 0.497 e. The molecule has 0 bridgehead atoms. The van der Waals surface area contributed by atoms with Crippen molar-refractivity contribution in [3.8, 4) is 5.75 Å². The first-order chi connectivity index (χ1) is 9.90. The molecule has 0 amide bonds. The van der Waals surface area contributed by atoms with E-state index in [9.17, 15) is 8.78 Å². The first-order valence-electron chi connectivity index (χ1n) is 7.26. The summed E-state index contributed by atoms with van der Waals surface area (Å²) in [7, 11) is 3.11. The molecule has 118 valence electrons. The second-order valence-corrected chi connectivity index (χ2v) is 5.75. The van der Waals surface area contributed by atoms with Crippen LogP contribution in [0.4, 0.5) is 8.78 Å². The molecule has 1 saturated heterocycles. The van der Waals surface area contributed by atoms with Gasteiger partial charge in [0, 0.05) is 29.7 Å². The van der Waals surface area contributed by atoms with Gasteiger partial charge in [0.25, 0.3) is 0 Å². The molecule has 1 fully saturated rings. The molecule has 0 radical (unpaired) electrons. The molecule has 0 spiro atoms. The first kappa shape index (κ1) is 16.2. The van der Waals surface area contributed by atoms with Crippen LogP contribution in [0.25, 0.3) is 0 Å². The smallest absolute Gasteiger partial charge is 0.134 e. The van der Waals surface area contributed by atoms with E-state index in [0.29, 0.717) is 0 Å². The summed E-state index contributed by atoms with van der Waals surface area (Å²) in [6.07, 6.45) is 0.0126. The summed E-state index contributed by atoms with van der Waals surface area (Å²) in [4.78, 5) is 0. The maximum Gasteiger partial charge on any atom is 0.134 e. The van der Waals surface area contributed by atoms with E-state index in [-0.39, 0.29) is 35.4 Å². The molecule has 1 aromatic rings. The van der Waals surface area contributed by atoms with Gasteiger partial charge in [0.15, 0.2) is 0 Å². The monoisotopic (exact) mass is 299 g/mol. The van der Waals surface area contributed by atoms with Crippen molar-refractivity contribution in [2.45, 2.75) is 39.0 Å². The van der Waals surface area contributed by atoms with Gasteiger partial charge in [-0.25, -0.2) is 8.78 Å². The summed E-state index contributed by atoms with van der Waals surface area (Å²) >= 11 is 0. The summed E-state index contributed by atoms with van der Waals surface area (Å²) in [6, 6.07) is 2.00. The van der Waals surface area contributed by atoms with Crippen molar-refractivity contribution in [1.29, 1.82) is 0 Å². The Morgan fingerprint density at radius 2 is 1.71 bits per heavy atom. The fourth-order valence-corrected chi connectivity index (χ4v) is 3.37. The lowest BCUT2D eigenvalue weighted by Crippen LogP contribution is -2.34. The Bertz CT molecular complexity index is 486. The van der Waals surface area contributed by atoms with E-state index in [2.05, 4.69) is 12.2 Å². The topological polar surface area (TPSA) is 30.5 Å². The van der Waals surface area contributed by atoms with Crippen molar-refractivity contribution in [1.82, 2.24) is 5.32 Å². The zero-order valence-electron chi connectivity index (χ0n) is 13.1. The Morgan fingerprint density at radius 3 is 2.10 bits per heavy atom. The van der Waals surface area contributed by atoms with Crippen molar-refractivity contribution in [3.63, 3.8) is 0 Å². The Morgan fingerprint density at radius 1 is 1.14 bits per heavy atom. The maximum absolute atomic E-state index is 14.3. The van der Waals surface area contributed by atoms with Gasteiger partial charge in [0.2, 0.25) is 0 Å². The van der Waals surface area contributed by atoms with Gasteiger partial charge in [-0.05, 0) is 26.8 Å². The van der Waals surface area contributed by atoms with Crippen LogP contribution in [0.15, 0.2) is 12.1 Å². The highest BCUT2D eigenvalue weighted by atomic mass is 19.1. The predicted octanol–water partition coefficient (Wildman–Crippen LogP) is 3.29. The van der Waals surface area contributed by atoms with Crippen LogP contribution in [0.5, 0.6) is 5.75 Å². The van der Waals surface area contributed by atoms with Crippen molar-refractivity contribution in [2.75, 3.05) is 14.2 Å². The second kappa shape index (κ2) is 6.28. The van der Waals surface area contributed by atoms with Crippen LogP contribution in [-0.4, -0.2) is 26.4 Å². The molecule has 3 nitrogen and oxygen atoms in total. The maximum atomic E-state index is 14.3. The highest BCUT2D eigenvalue weighted by molar-refractivity contribution is 5.33. The Labute approximate surface area is 124 Å². The SMILES string of the molecule is CNC(c1c(F)cc(OC)cc1F)C1C(C)OC(C)C1C. The van der Waals surface area contributed by atoms with Gasteiger partial charge in [0.1, 0.15) is 17.4 Å². The molecule has 1 N–H and O–H groups in total. The minimum atomic E-state index is -0.592. The summed E-state index contributed by atoms with van der Waals surface area (Å²) in [5.41, 5.74) is 0.0553. The van der Waals surface area contributed by atoms with Gasteiger partial charge in [0.05, 0.1) is 19.3 Å². The number of ether oxygens (including phenoxy) is 2. The minimum absolute atomic E-state index is 0.00222. The van der Waals surface area contributed by atoms with Gasteiger partial charge in [-0.2, -0.15) is 0 Å². The third kappa shape index (κ3) is 2.90. The fourth-order valence-electron chi connectivity index (χ4n) is 3.37. The lowest BCUT2D eigenvalue weighted by molar-refractivity contribution is 0.0475. The third-order valence-electron chi connectivity index (χ3n) is 4.61. The van der Waals surface area contributed by atoms with E-state index >= 15 is 0 Å². The second-order valence-electron chi connectivity index (χ2n) is 5.75. The molecule has 1 aromatic carbocycles. The van der Waals surface area contributed by atoms with Crippen LogP contribution in [0.3, 0.4) is 0 Å². The highest BCUT2D eigenvalue weighted by Gasteiger charge is 2.43. The van der Waals surface area contributed by atoms with Gasteiger partial charge in [-0.3, -0.25) is 0 Å². The Kier molecular flexibility index (Phi) is 4.84. The molecular formula is C16H23F2NO2. The molecule has 0 aromatic heterocycles. The fraction of sp³-hybridized carbons (Fsp3) is 0.625. The van der Waals surface area contributed by atoms with Gasteiger partial charge < -0.3 is 14.8 Å². The standard InChI is InChI=1S/C16H23F2NO2/c1-8-9(2)21-10(3)14(8)16(19-4)15-12(17)6-11(20-5)7-13(15)18/h6-10,14,16,19H,1-5H3. The number of rotatable bonds is 4. The molecule has 5 atom stereocenters. The lowest BCUT2D eigenvalue weighted by Gasteiger charge is -2.29. The lowest BCUT2D eigenvalue weighted by atomic mass is 9.80. The van der Waals surface area contributed by atoms with Gasteiger partial charge >= 0.3 is 0 Å². The normalized spacial score (nSPS) is 30.4. The Balaban J connectivity index is 2.43. The minimum Gasteiger partial charge on any atom is -0.497 e. The van der Waals surface area contributed by atoms with Gasteiger partial charge in [-0.1, -0.05) is 6.92 Å². The van der Waals surface area contributed by atoms with Crippen LogP contribution in [0.2, 0.25) is 0 Å². The number of hydrogen-bond acceptors (Lipinski definition) is 3. The van der Waals surface area contributed by atoms with Crippen molar-refractivity contribution in [2.24, 2.45) is 11.8 Å². The van der Waals surface area contributed by atoms with E-state index in [1.165, 1.54) is 19.2 Å². The van der Waals surface area contributed by atoms with Crippen molar-refractivity contribution in [3.05, 3.63) is 29.3 Å². The molecule has 2 rings (SSSR count). The zero-order chi connectivity index (χ0) is 15.7. The summed E-state index contributed by atoms with van der Waals surface area (Å²) in [5, 5.41) is 3.06. The summed E-state index contributed by atoms with van der Waals surface area (Å²) in [6.45, 7) is 6.01. The number of benzene rings is 1. The molecule has 0 aliphatic carbocycles. The molecule has 5 unspecified atom stereocenters. The van der Waals surface area contributed by atoms with E-state index in [4.69, 9.17) is 9.47 Å². The van der Waals surface area contributed by atoms with E-state index in [1.807, 2.05) is 13.8 Å². The molecular weight excluding hydrogens is 276 g/mol. The van der Waals surface area contributed by atoms with Crippen LogP contribution in [0, 0.1) is 23.5 Å². The number of methoxy groups -OCH3 is 1. The molecule has 1 heterocycles. The predicted molar refractivity (Wildman–Crippen MR) is 77.4 cm³/mol. The van der Waals surface area contributed by atoms with Crippen LogP contribution in [-0.2, 0) is 4.74 Å². The number of nitrogens with one attached hydrogen (secondary N) is 1. The number of hydrogen-bond donors (Lipinski definition) is 1. The molecule has 5 heteroatoms. The molecule has 1 aliphatic rings. The molecule has 0 saturated carbocycles.